The molecule has 0 aliphatic heterocycles. The Morgan fingerprint density at radius 1 is 1.02 bits per heavy atom. The van der Waals surface area contributed by atoms with Crippen LogP contribution in [0.2, 0.25) is 0 Å². The Hall–Kier alpha value is -5.92. The van der Waals surface area contributed by atoms with E-state index in [0.717, 1.165) is 28.6 Å². The maximum absolute atomic E-state index is 13.2. The first-order chi connectivity index (χ1) is 22.0. The second kappa shape index (κ2) is 15.2. The standard InChI is InChI=1S/C32H34N8O6/c1-18-7-10-23(19(2)8-9-22(11-18)16-39-46-32(45)34-3)40-31(44)25-13-24(37-17-38-25)30(43)36-15-21-6-4-5-20(12-21)14-35-27-26(33)28(41)29(27)42/h4-6,8-9,11-13,16-17,23,35H,7,10,14-15,33H2,1-3H3,(H,34,45)(H,36,43)(H,40,44)/b18-11+,19-8+,22-9+,39-16+. The summed E-state index contributed by atoms with van der Waals surface area (Å²) < 4.78 is 0. The maximum Gasteiger partial charge on any atom is 0.433 e. The minimum absolute atomic E-state index is 0.0277. The molecule has 6 N–H and O–H groups in total. The lowest BCUT2D eigenvalue weighted by Gasteiger charge is -2.19. The van der Waals surface area contributed by atoms with Crippen molar-refractivity contribution in [3.63, 3.8) is 0 Å². The van der Waals surface area contributed by atoms with Gasteiger partial charge < -0.3 is 27.0 Å². The number of allylic oxidation sites excluding steroid dienone is 5. The predicted octanol–water partition coefficient (Wildman–Crippen LogP) is 2.25. The van der Waals surface area contributed by atoms with Gasteiger partial charge in [-0.1, -0.05) is 58.8 Å². The van der Waals surface area contributed by atoms with E-state index in [1.54, 1.807) is 6.07 Å². The summed E-state index contributed by atoms with van der Waals surface area (Å²) in [5, 5.41) is 14.7. The third-order valence-electron chi connectivity index (χ3n) is 7.17. The highest BCUT2D eigenvalue weighted by Crippen LogP contribution is 2.18. The van der Waals surface area contributed by atoms with Crippen molar-refractivity contribution in [1.82, 2.24) is 25.9 Å². The highest BCUT2D eigenvalue weighted by molar-refractivity contribution is 5.97. The first-order valence-corrected chi connectivity index (χ1v) is 14.3. The van der Waals surface area contributed by atoms with E-state index in [4.69, 9.17) is 5.73 Å². The Balaban J connectivity index is 1.36. The van der Waals surface area contributed by atoms with Crippen LogP contribution in [0.4, 0.5) is 16.2 Å². The zero-order valence-corrected chi connectivity index (χ0v) is 25.5. The average molecular weight is 627 g/mol. The van der Waals surface area contributed by atoms with Crippen molar-refractivity contribution < 1.29 is 19.2 Å². The fraction of sp³-hybridized carbons (Fsp3) is 0.250. The van der Waals surface area contributed by atoms with Crippen LogP contribution in [0.25, 0.3) is 0 Å². The molecule has 46 heavy (non-hydrogen) atoms. The molecule has 14 nitrogen and oxygen atoms in total. The highest BCUT2D eigenvalue weighted by atomic mass is 16.7. The Morgan fingerprint density at radius 2 is 1.74 bits per heavy atom. The third-order valence-corrected chi connectivity index (χ3v) is 7.17. The highest BCUT2D eigenvalue weighted by Gasteiger charge is 2.20. The van der Waals surface area contributed by atoms with Gasteiger partial charge in [-0.3, -0.25) is 24.0 Å². The van der Waals surface area contributed by atoms with Gasteiger partial charge in [0.1, 0.15) is 29.1 Å². The van der Waals surface area contributed by atoms with Crippen molar-refractivity contribution in [2.24, 2.45) is 5.16 Å². The molecule has 0 spiro atoms. The summed E-state index contributed by atoms with van der Waals surface area (Å²) in [5.41, 5.74) is 8.57. The second-order valence-electron chi connectivity index (χ2n) is 10.6. The van der Waals surface area contributed by atoms with Gasteiger partial charge >= 0.3 is 6.09 Å². The molecule has 1 unspecified atom stereocenters. The lowest BCUT2D eigenvalue weighted by Crippen LogP contribution is -2.36. The lowest BCUT2D eigenvalue weighted by molar-refractivity contribution is 0.0935. The molecule has 2 aromatic carbocycles. The number of carbonyl (C=O) groups excluding carboxylic acids is 3. The number of nitrogens with zero attached hydrogens (tertiary/aromatic N) is 3. The van der Waals surface area contributed by atoms with Gasteiger partial charge in [0, 0.05) is 26.2 Å². The van der Waals surface area contributed by atoms with Crippen molar-refractivity contribution in [3.8, 4) is 0 Å². The molecule has 1 aliphatic carbocycles. The number of anilines is 2. The number of rotatable bonds is 10. The van der Waals surface area contributed by atoms with Gasteiger partial charge in [-0.15, -0.1) is 0 Å². The number of oxime groups is 1. The molecule has 0 saturated heterocycles. The van der Waals surface area contributed by atoms with E-state index in [9.17, 15) is 24.0 Å². The van der Waals surface area contributed by atoms with Crippen LogP contribution in [0.5, 0.6) is 0 Å². The molecule has 3 amide bonds. The summed E-state index contributed by atoms with van der Waals surface area (Å²) in [6.07, 6.45) is 8.80. The predicted molar refractivity (Wildman–Crippen MR) is 173 cm³/mol. The molecule has 0 saturated carbocycles. The summed E-state index contributed by atoms with van der Waals surface area (Å²) in [7, 11) is 1.44. The molecule has 1 atom stereocenters. The molecule has 238 valence electrons. The fourth-order valence-corrected chi connectivity index (χ4v) is 4.53. The number of nitrogen functional groups attached to an aromatic ring is 1. The molecule has 4 rings (SSSR count). The van der Waals surface area contributed by atoms with E-state index in [1.807, 2.05) is 50.3 Å². The quantitative estimate of drug-likeness (QED) is 0.0960. The molecule has 0 bridgehead atoms. The van der Waals surface area contributed by atoms with Gasteiger partial charge in [0.2, 0.25) is 0 Å². The normalized spacial score (nSPS) is 18.4. The van der Waals surface area contributed by atoms with E-state index in [2.05, 4.69) is 41.2 Å². The Morgan fingerprint density at radius 3 is 2.46 bits per heavy atom. The first-order valence-electron chi connectivity index (χ1n) is 14.3. The Labute approximate surface area is 264 Å². The summed E-state index contributed by atoms with van der Waals surface area (Å²) in [5.74, 6) is -0.946. The minimum Gasteiger partial charge on any atom is -0.394 e. The van der Waals surface area contributed by atoms with Crippen LogP contribution < -0.4 is 37.9 Å². The largest absolute Gasteiger partial charge is 0.433 e. The summed E-state index contributed by atoms with van der Waals surface area (Å²) in [6, 6.07) is 8.31. The van der Waals surface area contributed by atoms with E-state index in [0.29, 0.717) is 18.4 Å². The minimum atomic E-state index is -0.690. The molecule has 0 radical (unpaired) electrons. The molecular formula is C32H34N8O6. The number of nitrogens with two attached hydrogens (primary N) is 1. The Bertz CT molecular complexity index is 1830. The second-order valence-corrected chi connectivity index (χ2v) is 10.6. The van der Waals surface area contributed by atoms with Crippen LogP contribution in [-0.4, -0.2) is 47.2 Å². The number of benzene rings is 1. The first kappa shape index (κ1) is 33.0. The van der Waals surface area contributed by atoms with Gasteiger partial charge in [-0.2, -0.15) is 0 Å². The van der Waals surface area contributed by atoms with Gasteiger partial charge in [0.15, 0.2) is 0 Å². The zero-order chi connectivity index (χ0) is 33.2. The average Bonchev–Trinajstić information content (AvgIpc) is 3.13. The van der Waals surface area contributed by atoms with Crippen LogP contribution in [0.15, 0.2) is 86.4 Å². The van der Waals surface area contributed by atoms with Gasteiger partial charge in [0.05, 0.1) is 12.3 Å². The van der Waals surface area contributed by atoms with E-state index < -0.39 is 28.8 Å². The van der Waals surface area contributed by atoms with E-state index in [1.165, 1.54) is 19.3 Å². The lowest BCUT2D eigenvalue weighted by atomic mass is 10.0. The van der Waals surface area contributed by atoms with E-state index >= 15 is 0 Å². The molecule has 3 aromatic rings. The molecule has 1 aromatic heterocycles. The van der Waals surface area contributed by atoms with Crippen molar-refractivity contribution in [1.29, 1.82) is 0 Å². The Kier molecular flexibility index (Phi) is 10.9. The monoisotopic (exact) mass is 626 g/mol. The topological polar surface area (TPSA) is 207 Å². The summed E-state index contributed by atoms with van der Waals surface area (Å²) in [6.45, 7) is 4.30. The molecule has 0 fully saturated rings. The van der Waals surface area contributed by atoms with Crippen LogP contribution in [0.3, 0.4) is 0 Å². The van der Waals surface area contributed by atoms with Crippen molar-refractivity contribution in [2.45, 2.75) is 45.8 Å². The number of hydrogen-bond acceptors (Lipinski definition) is 11. The fourth-order valence-electron chi connectivity index (χ4n) is 4.53. The van der Waals surface area contributed by atoms with Crippen LogP contribution >= 0.6 is 0 Å². The van der Waals surface area contributed by atoms with Crippen molar-refractivity contribution >= 4 is 35.5 Å². The number of nitrogens with one attached hydrogen (secondary N) is 4. The zero-order valence-electron chi connectivity index (χ0n) is 25.5. The maximum atomic E-state index is 13.2. The number of hydrogen-bond donors (Lipinski definition) is 5. The number of amides is 3. The molecule has 1 heterocycles. The molecule has 1 aliphatic rings. The summed E-state index contributed by atoms with van der Waals surface area (Å²) >= 11 is 0. The van der Waals surface area contributed by atoms with E-state index in [-0.39, 0.29) is 41.9 Å². The molecular weight excluding hydrogens is 592 g/mol. The van der Waals surface area contributed by atoms with Gasteiger partial charge in [-0.05, 0) is 43.4 Å². The van der Waals surface area contributed by atoms with Gasteiger partial charge in [-0.25, -0.2) is 14.8 Å². The number of carbonyl (C=O) groups is 3. The summed E-state index contributed by atoms with van der Waals surface area (Å²) in [4.78, 5) is 73.0. The number of aromatic nitrogens is 2. The van der Waals surface area contributed by atoms with Crippen LogP contribution in [0, 0.1) is 0 Å². The van der Waals surface area contributed by atoms with Crippen molar-refractivity contribution in [2.75, 3.05) is 18.1 Å². The SMILES string of the molecule is CNC(=O)O/N=C/C1=C/C=C(\C)C(NC(=O)c2cc(C(=O)NCc3cccc(CNc4c(N)c(=O)c4=O)c3)ncn2)CC\C(C)=C\1. The van der Waals surface area contributed by atoms with Gasteiger partial charge in [0.25, 0.3) is 22.7 Å². The van der Waals surface area contributed by atoms with Crippen LogP contribution in [0.1, 0.15) is 58.8 Å². The smallest absolute Gasteiger partial charge is 0.394 e. The third kappa shape index (κ3) is 8.59. The van der Waals surface area contributed by atoms with Crippen LogP contribution in [-0.2, 0) is 17.9 Å². The molecule has 14 heteroatoms. The van der Waals surface area contributed by atoms with Crippen molar-refractivity contribution in [3.05, 3.63) is 115 Å².